The Kier molecular flexibility index (Phi) is 3.69. The lowest BCUT2D eigenvalue weighted by Crippen LogP contribution is -2.30. The summed E-state index contributed by atoms with van der Waals surface area (Å²) in [5, 5.41) is 0. The number of ether oxygens (including phenoxy) is 2. The highest BCUT2D eigenvalue weighted by Crippen LogP contribution is 2.38. The van der Waals surface area contributed by atoms with Crippen molar-refractivity contribution in [2.75, 3.05) is 19.8 Å². The van der Waals surface area contributed by atoms with Crippen molar-refractivity contribution in [3.8, 4) is 11.5 Å². The maximum absolute atomic E-state index is 12.6. The molecule has 3 heterocycles. The molecular weight excluding hydrogens is 294 g/mol. The van der Waals surface area contributed by atoms with E-state index in [4.69, 9.17) is 13.9 Å². The van der Waals surface area contributed by atoms with E-state index in [9.17, 15) is 4.79 Å². The predicted octanol–water partition coefficient (Wildman–Crippen LogP) is 3.42. The maximum Gasteiger partial charge on any atom is 0.257 e. The summed E-state index contributed by atoms with van der Waals surface area (Å²) in [5.74, 6) is 1.59. The molecule has 0 unspecified atom stereocenters. The summed E-state index contributed by atoms with van der Waals surface area (Å²) in [6, 6.07) is 7.81. The molecule has 0 spiro atoms. The molecule has 2 aliphatic rings. The van der Waals surface area contributed by atoms with Gasteiger partial charge in [-0.05, 0) is 36.6 Å². The molecule has 0 saturated carbocycles. The zero-order valence-corrected chi connectivity index (χ0v) is 12.9. The van der Waals surface area contributed by atoms with Gasteiger partial charge in [0.1, 0.15) is 6.26 Å². The number of carbonyl (C=O) groups excluding carboxylic acids is 1. The topological polar surface area (TPSA) is 51.9 Å². The molecule has 1 aromatic carbocycles. The van der Waals surface area contributed by atoms with Crippen LogP contribution in [-0.4, -0.2) is 30.6 Å². The highest BCUT2D eigenvalue weighted by molar-refractivity contribution is 5.94. The molecular formula is C18H19NO4. The number of fused-ring (bicyclic) bond motifs is 1. The van der Waals surface area contributed by atoms with Gasteiger partial charge in [0.05, 0.1) is 31.1 Å². The molecule has 1 atom stereocenters. The van der Waals surface area contributed by atoms with Crippen LogP contribution in [0.1, 0.15) is 41.2 Å². The summed E-state index contributed by atoms with van der Waals surface area (Å²) in [7, 11) is 0. The molecule has 5 heteroatoms. The molecule has 0 aliphatic carbocycles. The fourth-order valence-electron chi connectivity index (χ4n) is 3.30. The molecule has 1 saturated heterocycles. The summed E-state index contributed by atoms with van der Waals surface area (Å²) in [5.41, 5.74) is 1.70. The van der Waals surface area contributed by atoms with Crippen LogP contribution >= 0.6 is 0 Å². The fraction of sp³-hybridized carbons (Fsp3) is 0.389. The Morgan fingerprint density at radius 2 is 1.96 bits per heavy atom. The molecule has 0 bridgehead atoms. The molecule has 1 fully saturated rings. The first-order valence-corrected chi connectivity index (χ1v) is 8.05. The van der Waals surface area contributed by atoms with Crippen molar-refractivity contribution >= 4 is 5.91 Å². The number of hydrogen-bond donors (Lipinski definition) is 0. The lowest BCUT2D eigenvalue weighted by molar-refractivity contribution is 0.0734. The van der Waals surface area contributed by atoms with E-state index in [2.05, 4.69) is 0 Å². The predicted molar refractivity (Wildman–Crippen MR) is 83.8 cm³/mol. The number of hydrogen-bond acceptors (Lipinski definition) is 4. The van der Waals surface area contributed by atoms with Crippen molar-refractivity contribution < 1.29 is 18.7 Å². The van der Waals surface area contributed by atoms with Gasteiger partial charge in [0, 0.05) is 13.0 Å². The molecule has 2 aromatic rings. The standard InChI is InChI=1S/C18H19NO4/c20-18(14-6-10-21-12-14)19-7-1-3-15(19)13-4-5-16-17(11-13)23-9-2-8-22-16/h4-6,10-12,15H,1-3,7-9H2/t15-/m1/s1. The van der Waals surface area contributed by atoms with Crippen LogP contribution in [0.5, 0.6) is 11.5 Å². The van der Waals surface area contributed by atoms with Crippen LogP contribution in [-0.2, 0) is 0 Å². The minimum Gasteiger partial charge on any atom is -0.490 e. The fourth-order valence-corrected chi connectivity index (χ4v) is 3.30. The zero-order valence-electron chi connectivity index (χ0n) is 12.9. The maximum atomic E-state index is 12.6. The lowest BCUT2D eigenvalue weighted by atomic mass is 10.0. The summed E-state index contributed by atoms with van der Waals surface area (Å²) >= 11 is 0. The highest BCUT2D eigenvalue weighted by Gasteiger charge is 2.31. The average molecular weight is 313 g/mol. The number of carbonyl (C=O) groups is 1. The Morgan fingerprint density at radius 1 is 1.09 bits per heavy atom. The monoisotopic (exact) mass is 313 g/mol. The SMILES string of the molecule is O=C(c1ccoc1)N1CCC[C@@H]1c1ccc2c(c1)OCCCO2. The summed E-state index contributed by atoms with van der Waals surface area (Å²) in [6.45, 7) is 2.11. The van der Waals surface area contributed by atoms with Gasteiger partial charge in [-0.2, -0.15) is 0 Å². The molecule has 1 aromatic heterocycles. The summed E-state index contributed by atoms with van der Waals surface area (Å²) < 4.78 is 16.5. The van der Waals surface area contributed by atoms with Gasteiger partial charge in [0.2, 0.25) is 0 Å². The number of rotatable bonds is 2. The van der Waals surface area contributed by atoms with E-state index >= 15 is 0 Å². The smallest absolute Gasteiger partial charge is 0.257 e. The molecule has 23 heavy (non-hydrogen) atoms. The van der Waals surface area contributed by atoms with E-state index < -0.39 is 0 Å². The quantitative estimate of drug-likeness (QED) is 0.852. The normalized spacial score (nSPS) is 20.3. The van der Waals surface area contributed by atoms with Gasteiger partial charge in [0.25, 0.3) is 5.91 Å². The van der Waals surface area contributed by atoms with E-state index in [0.29, 0.717) is 18.8 Å². The van der Waals surface area contributed by atoms with Gasteiger partial charge in [-0.25, -0.2) is 0 Å². The van der Waals surface area contributed by atoms with Gasteiger partial charge >= 0.3 is 0 Å². The first-order chi connectivity index (χ1) is 11.3. The minimum absolute atomic E-state index is 0.0216. The second-order valence-corrected chi connectivity index (χ2v) is 5.93. The van der Waals surface area contributed by atoms with Gasteiger partial charge in [0.15, 0.2) is 11.5 Å². The van der Waals surface area contributed by atoms with E-state index in [0.717, 1.165) is 42.9 Å². The molecule has 5 nitrogen and oxygen atoms in total. The number of benzene rings is 1. The summed E-state index contributed by atoms with van der Waals surface area (Å²) in [6.07, 6.45) is 5.89. The summed E-state index contributed by atoms with van der Waals surface area (Å²) in [4.78, 5) is 14.6. The Balaban J connectivity index is 1.61. The largest absolute Gasteiger partial charge is 0.490 e. The first kappa shape index (κ1) is 14.2. The number of nitrogens with zero attached hydrogens (tertiary/aromatic N) is 1. The van der Waals surface area contributed by atoms with Crippen LogP contribution < -0.4 is 9.47 Å². The van der Waals surface area contributed by atoms with Crippen molar-refractivity contribution in [2.45, 2.75) is 25.3 Å². The Hall–Kier alpha value is -2.43. The molecule has 2 aliphatic heterocycles. The van der Waals surface area contributed by atoms with Crippen molar-refractivity contribution in [3.63, 3.8) is 0 Å². The van der Waals surface area contributed by atoms with Crippen molar-refractivity contribution in [1.82, 2.24) is 4.90 Å². The second-order valence-electron chi connectivity index (χ2n) is 5.93. The van der Waals surface area contributed by atoms with Gasteiger partial charge < -0.3 is 18.8 Å². The van der Waals surface area contributed by atoms with E-state index in [-0.39, 0.29) is 11.9 Å². The van der Waals surface area contributed by atoms with Gasteiger partial charge in [-0.1, -0.05) is 6.07 Å². The number of furan rings is 1. The molecule has 4 rings (SSSR count). The first-order valence-electron chi connectivity index (χ1n) is 8.05. The van der Waals surface area contributed by atoms with E-state index in [1.165, 1.54) is 12.5 Å². The number of amides is 1. The zero-order chi connectivity index (χ0) is 15.6. The minimum atomic E-state index is 0.0216. The Morgan fingerprint density at radius 3 is 2.78 bits per heavy atom. The molecule has 0 N–H and O–H groups in total. The highest BCUT2D eigenvalue weighted by atomic mass is 16.5. The van der Waals surface area contributed by atoms with Crippen LogP contribution in [0.3, 0.4) is 0 Å². The van der Waals surface area contributed by atoms with Crippen molar-refractivity contribution in [1.29, 1.82) is 0 Å². The molecule has 0 radical (unpaired) electrons. The third-order valence-electron chi connectivity index (χ3n) is 4.44. The average Bonchev–Trinajstić information content (AvgIpc) is 3.22. The van der Waals surface area contributed by atoms with Crippen LogP contribution in [0, 0.1) is 0 Å². The lowest BCUT2D eigenvalue weighted by Gasteiger charge is -2.25. The van der Waals surface area contributed by atoms with Crippen LogP contribution in [0.15, 0.2) is 41.2 Å². The van der Waals surface area contributed by atoms with Crippen LogP contribution in [0.4, 0.5) is 0 Å². The second kappa shape index (κ2) is 5.99. The van der Waals surface area contributed by atoms with Crippen molar-refractivity contribution in [2.24, 2.45) is 0 Å². The van der Waals surface area contributed by atoms with E-state index in [1.807, 2.05) is 23.1 Å². The number of likely N-dealkylation sites (tertiary alicyclic amines) is 1. The van der Waals surface area contributed by atoms with Crippen LogP contribution in [0.2, 0.25) is 0 Å². The van der Waals surface area contributed by atoms with Gasteiger partial charge in [-0.15, -0.1) is 0 Å². The van der Waals surface area contributed by atoms with Crippen LogP contribution in [0.25, 0.3) is 0 Å². The Labute approximate surface area is 134 Å². The Bertz CT molecular complexity index is 695. The van der Waals surface area contributed by atoms with Crippen molar-refractivity contribution in [3.05, 3.63) is 47.9 Å². The molecule has 120 valence electrons. The third kappa shape index (κ3) is 2.67. The van der Waals surface area contributed by atoms with Gasteiger partial charge in [-0.3, -0.25) is 4.79 Å². The molecule has 1 amide bonds. The van der Waals surface area contributed by atoms with E-state index in [1.54, 1.807) is 6.07 Å². The third-order valence-corrected chi connectivity index (χ3v) is 4.44.